The first-order valence-corrected chi connectivity index (χ1v) is 13.8. The van der Waals surface area contributed by atoms with Crippen molar-refractivity contribution in [3.8, 4) is 45.3 Å². The quantitative estimate of drug-likeness (QED) is 0.160. The predicted molar refractivity (Wildman–Crippen MR) is 174 cm³/mol. The van der Waals surface area contributed by atoms with E-state index in [0.29, 0.717) is 39.9 Å². The summed E-state index contributed by atoms with van der Waals surface area (Å²) in [4.78, 5) is 13.6. The molecule has 0 spiro atoms. The van der Waals surface area contributed by atoms with Crippen LogP contribution >= 0.6 is 0 Å². The first-order chi connectivity index (χ1) is 21.0. The number of nitrogens with one attached hydrogen (secondary N) is 1. The Labute approximate surface area is 250 Å². The SMILES string of the molecule is Nc1ccc(Oc2ccc(-c3cccc(C(=O)Nc4ccccc4)c3-c3ccc(Oc4ccc(N)cc4)cc3)cc2)cc1. The summed E-state index contributed by atoms with van der Waals surface area (Å²) in [6, 6.07) is 45.2. The number of para-hydroxylation sites is 1. The highest BCUT2D eigenvalue weighted by Gasteiger charge is 2.18. The van der Waals surface area contributed by atoms with Crippen LogP contribution in [0.5, 0.6) is 23.0 Å². The zero-order valence-electron chi connectivity index (χ0n) is 23.2. The van der Waals surface area contributed by atoms with E-state index in [1.54, 1.807) is 24.3 Å². The Morgan fingerprint density at radius 3 is 1.47 bits per heavy atom. The largest absolute Gasteiger partial charge is 0.457 e. The Morgan fingerprint density at radius 2 is 0.953 bits per heavy atom. The van der Waals surface area contributed by atoms with Crippen molar-refractivity contribution in [2.24, 2.45) is 0 Å². The monoisotopic (exact) mass is 563 g/mol. The van der Waals surface area contributed by atoms with Gasteiger partial charge in [0.2, 0.25) is 0 Å². The van der Waals surface area contributed by atoms with Crippen LogP contribution in [0.4, 0.5) is 17.1 Å². The van der Waals surface area contributed by atoms with Gasteiger partial charge in [0, 0.05) is 28.2 Å². The summed E-state index contributed by atoms with van der Waals surface area (Å²) in [5.41, 5.74) is 17.8. The number of rotatable bonds is 8. The number of anilines is 3. The van der Waals surface area contributed by atoms with Crippen LogP contribution in [0, 0.1) is 0 Å². The fraction of sp³-hybridized carbons (Fsp3) is 0. The normalized spacial score (nSPS) is 10.6. The maximum Gasteiger partial charge on any atom is 0.256 e. The number of nitrogen functional groups attached to an aromatic ring is 2. The van der Waals surface area contributed by atoms with Crippen molar-refractivity contribution in [3.05, 3.63) is 151 Å². The molecular formula is C37H29N3O3. The number of amides is 1. The summed E-state index contributed by atoms with van der Waals surface area (Å²) in [6.07, 6.45) is 0. The average molecular weight is 564 g/mol. The molecule has 1 amide bonds. The van der Waals surface area contributed by atoms with Gasteiger partial charge in [-0.15, -0.1) is 0 Å². The second-order valence-electron chi connectivity index (χ2n) is 9.94. The second kappa shape index (κ2) is 12.2. The Balaban J connectivity index is 1.35. The van der Waals surface area contributed by atoms with Gasteiger partial charge in [0.25, 0.3) is 5.91 Å². The van der Waals surface area contributed by atoms with Crippen LogP contribution in [-0.2, 0) is 0 Å². The molecule has 0 aromatic heterocycles. The third-order valence-corrected chi connectivity index (χ3v) is 6.88. The van der Waals surface area contributed by atoms with E-state index in [2.05, 4.69) is 5.32 Å². The van der Waals surface area contributed by atoms with Crippen LogP contribution < -0.4 is 26.3 Å². The lowest BCUT2D eigenvalue weighted by molar-refractivity contribution is 0.102. The molecule has 5 N–H and O–H groups in total. The highest BCUT2D eigenvalue weighted by atomic mass is 16.5. The molecule has 0 saturated heterocycles. The molecule has 0 fully saturated rings. The second-order valence-corrected chi connectivity index (χ2v) is 9.94. The molecule has 0 unspecified atom stereocenters. The maximum absolute atomic E-state index is 13.6. The van der Waals surface area contributed by atoms with Gasteiger partial charge in [-0.05, 0) is 108 Å². The van der Waals surface area contributed by atoms with Crippen molar-refractivity contribution < 1.29 is 14.3 Å². The molecule has 0 heterocycles. The minimum Gasteiger partial charge on any atom is -0.457 e. The minimum atomic E-state index is -0.200. The molecule has 0 aliphatic carbocycles. The number of benzene rings is 6. The summed E-state index contributed by atoms with van der Waals surface area (Å²) >= 11 is 0. The zero-order chi connectivity index (χ0) is 29.6. The van der Waals surface area contributed by atoms with E-state index in [4.69, 9.17) is 20.9 Å². The molecule has 210 valence electrons. The molecule has 6 heteroatoms. The number of nitrogens with two attached hydrogens (primary N) is 2. The van der Waals surface area contributed by atoms with Crippen LogP contribution in [0.25, 0.3) is 22.3 Å². The van der Waals surface area contributed by atoms with Gasteiger partial charge in [-0.25, -0.2) is 0 Å². The van der Waals surface area contributed by atoms with Gasteiger partial charge in [0.15, 0.2) is 0 Å². The van der Waals surface area contributed by atoms with E-state index in [0.717, 1.165) is 27.9 Å². The highest BCUT2D eigenvalue weighted by molar-refractivity contribution is 6.11. The van der Waals surface area contributed by atoms with Crippen molar-refractivity contribution in [2.45, 2.75) is 0 Å². The Morgan fingerprint density at radius 1 is 0.488 bits per heavy atom. The van der Waals surface area contributed by atoms with Crippen LogP contribution in [0.2, 0.25) is 0 Å². The number of carbonyl (C=O) groups is 1. The molecular weight excluding hydrogens is 534 g/mol. The number of hydrogen-bond acceptors (Lipinski definition) is 5. The zero-order valence-corrected chi connectivity index (χ0v) is 23.2. The molecule has 0 bridgehead atoms. The molecule has 0 aliphatic heterocycles. The summed E-state index contributed by atoms with van der Waals surface area (Å²) in [6.45, 7) is 0. The Kier molecular flexibility index (Phi) is 7.74. The molecule has 6 aromatic carbocycles. The molecule has 0 radical (unpaired) electrons. The topological polar surface area (TPSA) is 99.6 Å². The molecule has 6 nitrogen and oxygen atoms in total. The van der Waals surface area contributed by atoms with Crippen LogP contribution in [0.15, 0.2) is 146 Å². The minimum absolute atomic E-state index is 0.200. The number of ether oxygens (including phenoxy) is 2. The van der Waals surface area contributed by atoms with Gasteiger partial charge in [0.05, 0.1) is 0 Å². The van der Waals surface area contributed by atoms with Gasteiger partial charge in [-0.2, -0.15) is 0 Å². The van der Waals surface area contributed by atoms with E-state index in [9.17, 15) is 4.79 Å². The molecule has 6 aromatic rings. The summed E-state index contributed by atoms with van der Waals surface area (Å²) in [5, 5.41) is 3.03. The van der Waals surface area contributed by atoms with E-state index in [1.807, 2.05) is 121 Å². The van der Waals surface area contributed by atoms with Crippen molar-refractivity contribution in [1.82, 2.24) is 0 Å². The summed E-state index contributed by atoms with van der Waals surface area (Å²) < 4.78 is 12.0. The third kappa shape index (κ3) is 6.50. The van der Waals surface area contributed by atoms with Crippen LogP contribution in [0.3, 0.4) is 0 Å². The van der Waals surface area contributed by atoms with Gasteiger partial charge >= 0.3 is 0 Å². The first kappa shape index (κ1) is 27.2. The lowest BCUT2D eigenvalue weighted by atomic mass is 9.90. The standard InChI is InChI=1S/C37H29N3O3/c38-27-13-21-32(22-14-27)42-30-17-9-25(10-18-30)34-7-4-8-35(37(41)40-29-5-2-1-3-6-29)36(34)26-11-19-31(20-12-26)43-33-23-15-28(39)16-24-33/h1-24H,38-39H2,(H,40,41). The van der Waals surface area contributed by atoms with Crippen LogP contribution in [0.1, 0.15) is 10.4 Å². The van der Waals surface area contributed by atoms with Crippen molar-refractivity contribution in [3.63, 3.8) is 0 Å². The Bertz CT molecular complexity index is 1830. The fourth-order valence-corrected chi connectivity index (χ4v) is 4.75. The Hall–Kier alpha value is -6.01. The van der Waals surface area contributed by atoms with Gasteiger partial charge < -0.3 is 26.3 Å². The molecule has 43 heavy (non-hydrogen) atoms. The summed E-state index contributed by atoms with van der Waals surface area (Å²) in [5.74, 6) is 2.55. The van der Waals surface area contributed by atoms with E-state index < -0.39 is 0 Å². The molecule has 0 saturated carbocycles. The molecule has 6 rings (SSSR count). The molecule has 0 aliphatic rings. The van der Waals surface area contributed by atoms with E-state index >= 15 is 0 Å². The summed E-state index contributed by atoms with van der Waals surface area (Å²) in [7, 11) is 0. The van der Waals surface area contributed by atoms with E-state index in [1.165, 1.54) is 0 Å². The number of hydrogen-bond donors (Lipinski definition) is 3. The average Bonchev–Trinajstić information content (AvgIpc) is 3.04. The lowest BCUT2D eigenvalue weighted by Gasteiger charge is -2.17. The highest BCUT2D eigenvalue weighted by Crippen LogP contribution is 2.38. The van der Waals surface area contributed by atoms with Gasteiger partial charge in [-0.1, -0.05) is 54.6 Å². The molecule has 0 atom stereocenters. The smallest absolute Gasteiger partial charge is 0.256 e. The van der Waals surface area contributed by atoms with Crippen molar-refractivity contribution in [2.75, 3.05) is 16.8 Å². The fourth-order valence-electron chi connectivity index (χ4n) is 4.75. The third-order valence-electron chi connectivity index (χ3n) is 6.88. The van der Waals surface area contributed by atoms with Gasteiger partial charge in [0.1, 0.15) is 23.0 Å². The van der Waals surface area contributed by atoms with Crippen molar-refractivity contribution in [1.29, 1.82) is 0 Å². The lowest BCUT2D eigenvalue weighted by Crippen LogP contribution is -2.13. The predicted octanol–water partition coefficient (Wildman–Crippen LogP) is 9.02. The van der Waals surface area contributed by atoms with Crippen molar-refractivity contribution >= 4 is 23.0 Å². The van der Waals surface area contributed by atoms with Gasteiger partial charge in [-0.3, -0.25) is 4.79 Å². The van der Waals surface area contributed by atoms with E-state index in [-0.39, 0.29) is 5.91 Å². The maximum atomic E-state index is 13.6. The first-order valence-electron chi connectivity index (χ1n) is 13.8. The van der Waals surface area contributed by atoms with Crippen LogP contribution in [-0.4, -0.2) is 5.91 Å². The number of carbonyl (C=O) groups excluding carboxylic acids is 1.